The van der Waals surface area contributed by atoms with E-state index in [1.54, 1.807) is 6.07 Å². The Balaban J connectivity index is 1.81. The maximum absolute atomic E-state index is 13.2. The molecule has 104 valence electrons. The number of carbonyl (C=O) groups is 1. The molecular formula is C12H14FNO4S. The normalized spacial score (nSPS) is 21.0. The van der Waals surface area contributed by atoms with Crippen LogP contribution in [-0.4, -0.2) is 38.5 Å². The zero-order valence-corrected chi connectivity index (χ0v) is 11.0. The highest BCUT2D eigenvalue weighted by Crippen LogP contribution is 2.15. The van der Waals surface area contributed by atoms with E-state index >= 15 is 0 Å². The molecule has 0 saturated carbocycles. The smallest absolute Gasteiger partial charge is 0.258 e. The van der Waals surface area contributed by atoms with Gasteiger partial charge in [0.15, 0.2) is 28.0 Å². The van der Waals surface area contributed by atoms with Crippen LogP contribution in [0.2, 0.25) is 0 Å². The van der Waals surface area contributed by atoms with Gasteiger partial charge in [0.2, 0.25) is 0 Å². The molecule has 1 aliphatic rings. The zero-order valence-electron chi connectivity index (χ0n) is 10.1. The second-order valence-corrected chi connectivity index (χ2v) is 6.62. The van der Waals surface area contributed by atoms with Crippen LogP contribution in [0.15, 0.2) is 24.3 Å². The molecule has 1 atom stereocenters. The lowest BCUT2D eigenvalue weighted by atomic mass is 10.2. The minimum absolute atomic E-state index is 0.00306. The molecule has 0 aromatic heterocycles. The molecule has 1 aliphatic heterocycles. The van der Waals surface area contributed by atoms with E-state index in [1.165, 1.54) is 18.2 Å². The Labute approximate surface area is 110 Å². The van der Waals surface area contributed by atoms with E-state index in [2.05, 4.69) is 5.32 Å². The summed E-state index contributed by atoms with van der Waals surface area (Å²) in [5.41, 5.74) is 0. The Hall–Kier alpha value is -1.63. The van der Waals surface area contributed by atoms with Gasteiger partial charge in [-0.2, -0.15) is 0 Å². The molecule has 1 heterocycles. The maximum atomic E-state index is 13.2. The summed E-state index contributed by atoms with van der Waals surface area (Å²) in [5, 5.41) is 2.56. The van der Waals surface area contributed by atoms with Gasteiger partial charge in [-0.1, -0.05) is 12.1 Å². The summed E-state index contributed by atoms with van der Waals surface area (Å²) in [5.74, 6) is -0.953. The van der Waals surface area contributed by atoms with Gasteiger partial charge in [-0.15, -0.1) is 0 Å². The molecule has 1 aromatic rings. The van der Waals surface area contributed by atoms with Crippen molar-refractivity contribution >= 4 is 15.7 Å². The van der Waals surface area contributed by atoms with E-state index in [1.807, 2.05) is 0 Å². The van der Waals surface area contributed by atoms with Crippen LogP contribution in [-0.2, 0) is 14.6 Å². The highest BCUT2D eigenvalue weighted by molar-refractivity contribution is 7.91. The lowest BCUT2D eigenvalue weighted by Crippen LogP contribution is -2.38. The predicted octanol–water partition coefficient (Wildman–Crippen LogP) is 0.508. The van der Waals surface area contributed by atoms with Crippen LogP contribution >= 0.6 is 0 Å². The summed E-state index contributed by atoms with van der Waals surface area (Å²) in [6.07, 6.45) is 0.410. The van der Waals surface area contributed by atoms with Crippen molar-refractivity contribution in [1.82, 2.24) is 5.32 Å². The first-order chi connectivity index (χ1) is 8.96. The standard InChI is InChI=1S/C12H14FNO4S/c13-10-3-1-2-4-11(10)18-7-12(15)14-9-5-6-19(16,17)8-9/h1-4,9H,5-8H2,(H,14,15)/t9-/m1/s1. The van der Waals surface area contributed by atoms with Crippen molar-refractivity contribution in [3.05, 3.63) is 30.1 Å². The van der Waals surface area contributed by atoms with Gasteiger partial charge >= 0.3 is 0 Å². The van der Waals surface area contributed by atoms with Crippen LogP contribution in [0.4, 0.5) is 4.39 Å². The predicted molar refractivity (Wildman–Crippen MR) is 67.1 cm³/mol. The molecule has 0 unspecified atom stereocenters. The van der Waals surface area contributed by atoms with Gasteiger partial charge in [0.25, 0.3) is 5.91 Å². The first-order valence-corrected chi connectivity index (χ1v) is 7.65. The van der Waals surface area contributed by atoms with Crippen LogP contribution in [0.25, 0.3) is 0 Å². The zero-order chi connectivity index (χ0) is 13.9. The van der Waals surface area contributed by atoms with Gasteiger partial charge in [0, 0.05) is 6.04 Å². The fraction of sp³-hybridized carbons (Fsp3) is 0.417. The summed E-state index contributed by atoms with van der Waals surface area (Å²) in [7, 11) is -3.03. The maximum Gasteiger partial charge on any atom is 0.258 e. The van der Waals surface area contributed by atoms with E-state index in [-0.39, 0.29) is 29.9 Å². The quantitative estimate of drug-likeness (QED) is 0.875. The second kappa shape index (κ2) is 5.56. The van der Waals surface area contributed by atoms with Crippen molar-refractivity contribution in [3.63, 3.8) is 0 Å². The van der Waals surface area contributed by atoms with Crippen molar-refractivity contribution < 1.29 is 22.3 Å². The first kappa shape index (κ1) is 13.8. The molecular weight excluding hydrogens is 273 g/mol. The monoisotopic (exact) mass is 287 g/mol. The number of hydrogen-bond donors (Lipinski definition) is 1. The summed E-state index contributed by atoms with van der Waals surface area (Å²) >= 11 is 0. The molecule has 1 N–H and O–H groups in total. The Morgan fingerprint density at radius 1 is 1.42 bits per heavy atom. The number of para-hydroxylation sites is 1. The number of carbonyl (C=O) groups excluding carboxylic acids is 1. The van der Waals surface area contributed by atoms with Crippen molar-refractivity contribution in [3.8, 4) is 5.75 Å². The van der Waals surface area contributed by atoms with Gasteiger partial charge in [-0.25, -0.2) is 12.8 Å². The molecule has 0 spiro atoms. The SMILES string of the molecule is O=C(COc1ccccc1F)N[C@@H]1CCS(=O)(=O)C1. The van der Waals surface area contributed by atoms with Crippen LogP contribution in [0.3, 0.4) is 0 Å². The summed E-state index contributed by atoms with van der Waals surface area (Å²) in [6, 6.07) is 5.40. The van der Waals surface area contributed by atoms with Crippen LogP contribution in [0, 0.1) is 5.82 Å². The fourth-order valence-corrected chi connectivity index (χ4v) is 3.56. The van der Waals surface area contributed by atoms with Crippen molar-refractivity contribution in [2.24, 2.45) is 0 Å². The van der Waals surface area contributed by atoms with Gasteiger partial charge in [-0.05, 0) is 18.6 Å². The number of amides is 1. The van der Waals surface area contributed by atoms with Crippen molar-refractivity contribution in [2.45, 2.75) is 12.5 Å². The molecule has 5 nitrogen and oxygen atoms in total. The van der Waals surface area contributed by atoms with E-state index in [0.717, 1.165) is 0 Å². The number of benzene rings is 1. The average molecular weight is 287 g/mol. The van der Waals surface area contributed by atoms with Crippen LogP contribution < -0.4 is 10.1 Å². The number of halogens is 1. The Morgan fingerprint density at radius 2 is 2.16 bits per heavy atom. The molecule has 0 radical (unpaired) electrons. The Morgan fingerprint density at radius 3 is 2.79 bits per heavy atom. The summed E-state index contributed by atoms with van der Waals surface area (Å²) in [4.78, 5) is 11.5. The van der Waals surface area contributed by atoms with Gasteiger partial charge in [-0.3, -0.25) is 4.79 Å². The molecule has 2 rings (SSSR count). The largest absolute Gasteiger partial charge is 0.481 e. The van der Waals surface area contributed by atoms with Crippen LogP contribution in [0.5, 0.6) is 5.75 Å². The lowest BCUT2D eigenvalue weighted by Gasteiger charge is -2.11. The first-order valence-electron chi connectivity index (χ1n) is 5.83. The Kier molecular flexibility index (Phi) is 4.04. The number of rotatable bonds is 4. The fourth-order valence-electron chi connectivity index (χ4n) is 1.88. The van der Waals surface area contributed by atoms with E-state index < -0.39 is 21.6 Å². The molecule has 1 saturated heterocycles. The highest BCUT2D eigenvalue weighted by atomic mass is 32.2. The molecule has 19 heavy (non-hydrogen) atoms. The van der Waals surface area contributed by atoms with Crippen molar-refractivity contribution in [2.75, 3.05) is 18.1 Å². The number of sulfone groups is 1. The van der Waals surface area contributed by atoms with E-state index in [0.29, 0.717) is 6.42 Å². The third-order valence-electron chi connectivity index (χ3n) is 2.79. The van der Waals surface area contributed by atoms with E-state index in [9.17, 15) is 17.6 Å². The second-order valence-electron chi connectivity index (χ2n) is 4.39. The van der Waals surface area contributed by atoms with Gasteiger partial charge in [0.1, 0.15) is 0 Å². The molecule has 1 amide bonds. The average Bonchev–Trinajstić information content (AvgIpc) is 2.67. The molecule has 1 fully saturated rings. The molecule has 0 bridgehead atoms. The molecule has 0 aliphatic carbocycles. The third kappa shape index (κ3) is 3.92. The number of ether oxygens (including phenoxy) is 1. The minimum atomic E-state index is -3.03. The molecule has 1 aromatic carbocycles. The van der Waals surface area contributed by atoms with E-state index in [4.69, 9.17) is 4.74 Å². The summed E-state index contributed by atoms with van der Waals surface area (Å²) < 4.78 is 40.7. The third-order valence-corrected chi connectivity index (χ3v) is 4.56. The van der Waals surface area contributed by atoms with Gasteiger partial charge < -0.3 is 10.1 Å². The number of nitrogens with one attached hydrogen (secondary N) is 1. The topological polar surface area (TPSA) is 72.5 Å². The molecule has 7 heteroatoms. The van der Waals surface area contributed by atoms with Crippen LogP contribution in [0.1, 0.15) is 6.42 Å². The van der Waals surface area contributed by atoms with Crippen molar-refractivity contribution in [1.29, 1.82) is 0 Å². The lowest BCUT2D eigenvalue weighted by molar-refractivity contribution is -0.123. The highest BCUT2D eigenvalue weighted by Gasteiger charge is 2.28. The number of hydrogen-bond acceptors (Lipinski definition) is 4. The Bertz CT molecular complexity index is 573. The minimum Gasteiger partial charge on any atom is -0.481 e. The summed E-state index contributed by atoms with van der Waals surface area (Å²) in [6.45, 7) is -0.336. The van der Waals surface area contributed by atoms with Gasteiger partial charge in [0.05, 0.1) is 11.5 Å².